The maximum Gasteiger partial charge on any atom is 0.323 e. The van der Waals surface area contributed by atoms with Crippen LogP contribution in [-0.2, 0) is 0 Å². The summed E-state index contributed by atoms with van der Waals surface area (Å²) in [5.41, 5.74) is 2.44. The van der Waals surface area contributed by atoms with Gasteiger partial charge in [0, 0.05) is 13.1 Å². The molecule has 0 fully saturated rings. The number of hydrogen-bond donors (Lipinski definition) is 2. The van der Waals surface area contributed by atoms with Crippen molar-refractivity contribution < 1.29 is 4.74 Å². The maximum atomic E-state index is 5.52. The molecule has 1 rings (SSSR count). The van der Waals surface area contributed by atoms with Crippen molar-refractivity contribution in [2.75, 3.05) is 29.4 Å². The third kappa shape index (κ3) is 5.01. The van der Waals surface area contributed by atoms with Gasteiger partial charge in [-0.25, -0.2) is 5.84 Å². The van der Waals surface area contributed by atoms with E-state index in [1.807, 2.05) is 37.6 Å². The van der Waals surface area contributed by atoms with Gasteiger partial charge in [-0.1, -0.05) is 0 Å². The Balaban J connectivity index is 2.91. The van der Waals surface area contributed by atoms with Crippen molar-refractivity contribution in [2.45, 2.75) is 39.3 Å². The van der Waals surface area contributed by atoms with E-state index in [9.17, 15) is 0 Å². The molecule has 0 aliphatic carbocycles. The van der Waals surface area contributed by atoms with Gasteiger partial charge in [-0.3, -0.25) is 5.43 Å². The fourth-order valence-corrected chi connectivity index (χ4v) is 2.09. The molecule has 0 aliphatic rings. The van der Waals surface area contributed by atoms with Gasteiger partial charge in [-0.05, 0) is 39.2 Å². The molecule has 114 valence electrons. The summed E-state index contributed by atoms with van der Waals surface area (Å²) in [5.74, 6) is 7.34. The highest BCUT2D eigenvalue weighted by Gasteiger charge is 2.16. The Morgan fingerprint density at radius 3 is 2.55 bits per heavy atom. The third-order valence-corrected chi connectivity index (χ3v) is 3.43. The van der Waals surface area contributed by atoms with Crippen LogP contribution in [0, 0.1) is 0 Å². The lowest BCUT2D eigenvalue weighted by Crippen LogP contribution is -2.31. The lowest BCUT2D eigenvalue weighted by Gasteiger charge is -2.25. The van der Waals surface area contributed by atoms with E-state index in [0.29, 0.717) is 17.9 Å². The second-order valence-electron chi connectivity index (χ2n) is 4.79. The van der Waals surface area contributed by atoms with Crippen LogP contribution in [0.1, 0.15) is 27.2 Å². The second-order valence-corrected chi connectivity index (χ2v) is 5.78. The van der Waals surface area contributed by atoms with Crippen molar-refractivity contribution in [1.29, 1.82) is 0 Å². The lowest BCUT2D eigenvalue weighted by atomic mass is 10.2. The monoisotopic (exact) mass is 300 g/mol. The lowest BCUT2D eigenvalue weighted by molar-refractivity contribution is 0.222. The molecule has 0 saturated carbocycles. The molecule has 1 aromatic heterocycles. The van der Waals surface area contributed by atoms with E-state index in [1.165, 1.54) is 0 Å². The van der Waals surface area contributed by atoms with Gasteiger partial charge in [0.05, 0.1) is 6.10 Å². The van der Waals surface area contributed by atoms with Crippen LogP contribution in [0.15, 0.2) is 0 Å². The SMILES string of the molecule is CSCCC(C)N(C)c1nc(NN)nc(OC(C)C)n1. The van der Waals surface area contributed by atoms with Crippen molar-refractivity contribution in [3.05, 3.63) is 0 Å². The van der Waals surface area contributed by atoms with Crippen LogP contribution in [-0.4, -0.2) is 46.2 Å². The van der Waals surface area contributed by atoms with E-state index in [2.05, 4.69) is 33.6 Å². The van der Waals surface area contributed by atoms with E-state index in [4.69, 9.17) is 10.6 Å². The van der Waals surface area contributed by atoms with Crippen LogP contribution in [0.4, 0.5) is 11.9 Å². The highest BCUT2D eigenvalue weighted by atomic mass is 32.2. The number of nitrogens with zero attached hydrogens (tertiary/aromatic N) is 4. The smallest absolute Gasteiger partial charge is 0.323 e. The number of ether oxygens (including phenoxy) is 1. The number of rotatable bonds is 8. The van der Waals surface area contributed by atoms with E-state index in [-0.39, 0.29) is 12.1 Å². The molecule has 0 aromatic carbocycles. The zero-order chi connectivity index (χ0) is 15.1. The first-order valence-corrected chi connectivity index (χ1v) is 7.98. The minimum atomic E-state index is -0.00454. The molecule has 7 nitrogen and oxygen atoms in total. The largest absolute Gasteiger partial charge is 0.461 e. The first kappa shape index (κ1) is 16.8. The number of aromatic nitrogens is 3. The predicted molar refractivity (Wildman–Crippen MR) is 84.3 cm³/mol. The van der Waals surface area contributed by atoms with Crippen LogP contribution in [0.25, 0.3) is 0 Å². The summed E-state index contributed by atoms with van der Waals surface area (Å²) in [6.07, 6.45) is 3.14. The van der Waals surface area contributed by atoms with Gasteiger partial charge in [0.25, 0.3) is 0 Å². The van der Waals surface area contributed by atoms with Crippen molar-refractivity contribution in [1.82, 2.24) is 15.0 Å². The van der Waals surface area contributed by atoms with Crippen LogP contribution < -0.4 is 20.9 Å². The van der Waals surface area contributed by atoms with E-state index < -0.39 is 0 Å². The summed E-state index contributed by atoms with van der Waals surface area (Å²) in [5, 5.41) is 0. The molecule has 20 heavy (non-hydrogen) atoms. The van der Waals surface area contributed by atoms with Gasteiger partial charge in [-0.15, -0.1) is 0 Å². The van der Waals surface area contributed by atoms with Crippen LogP contribution in [0.5, 0.6) is 6.01 Å². The number of hydrazine groups is 1. The maximum absolute atomic E-state index is 5.52. The molecule has 1 unspecified atom stereocenters. The minimum Gasteiger partial charge on any atom is -0.461 e. The van der Waals surface area contributed by atoms with Crippen LogP contribution >= 0.6 is 11.8 Å². The van der Waals surface area contributed by atoms with Gasteiger partial charge in [0.1, 0.15) is 0 Å². The molecule has 0 saturated heterocycles. The Kier molecular flexibility index (Phi) is 6.80. The molecular weight excluding hydrogens is 276 g/mol. The second kappa shape index (κ2) is 8.11. The number of nitrogens with two attached hydrogens (primary N) is 1. The van der Waals surface area contributed by atoms with E-state index in [1.54, 1.807) is 0 Å². The van der Waals surface area contributed by atoms with Gasteiger partial charge < -0.3 is 9.64 Å². The first-order valence-electron chi connectivity index (χ1n) is 6.59. The van der Waals surface area contributed by atoms with Crippen molar-refractivity contribution in [3.63, 3.8) is 0 Å². The fraction of sp³-hybridized carbons (Fsp3) is 0.750. The summed E-state index contributed by atoms with van der Waals surface area (Å²) < 4.78 is 5.52. The number of nitrogens with one attached hydrogen (secondary N) is 1. The van der Waals surface area contributed by atoms with Gasteiger partial charge in [-0.2, -0.15) is 26.7 Å². The number of thioether (sulfide) groups is 1. The molecule has 1 aromatic rings. The summed E-state index contributed by atoms with van der Waals surface area (Å²) >= 11 is 1.82. The number of nitrogen functional groups attached to an aromatic ring is 1. The normalized spacial score (nSPS) is 12.3. The zero-order valence-electron chi connectivity index (χ0n) is 12.8. The van der Waals surface area contributed by atoms with Crippen LogP contribution in [0.3, 0.4) is 0 Å². The predicted octanol–water partition coefficient (Wildman–Crippen LogP) is 1.52. The molecule has 8 heteroatoms. The molecule has 0 spiro atoms. The molecule has 0 radical (unpaired) electrons. The van der Waals surface area contributed by atoms with Gasteiger partial charge in [0.2, 0.25) is 11.9 Å². The summed E-state index contributed by atoms with van der Waals surface area (Å²) in [6, 6.07) is 0.601. The van der Waals surface area contributed by atoms with Gasteiger partial charge >= 0.3 is 6.01 Å². The van der Waals surface area contributed by atoms with E-state index >= 15 is 0 Å². The Bertz CT molecular complexity index is 417. The number of anilines is 2. The summed E-state index contributed by atoms with van der Waals surface area (Å²) in [6.45, 7) is 5.98. The molecule has 1 atom stereocenters. The van der Waals surface area contributed by atoms with Crippen LogP contribution in [0.2, 0.25) is 0 Å². The Morgan fingerprint density at radius 2 is 2.00 bits per heavy atom. The molecule has 0 amide bonds. The number of hydrogen-bond acceptors (Lipinski definition) is 8. The standard InChI is InChI=1S/C12H24N6OS/c1-8(2)19-12-15-10(17-13)14-11(16-12)18(4)9(3)6-7-20-5/h8-9H,6-7,13H2,1-5H3,(H,14,15,16,17). The first-order chi connectivity index (χ1) is 9.47. The zero-order valence-corrected chi connectivity index (χ0v) is 13.6. The third-order valence-electron chi connectivity index (χ3n) is 2.79. The quantitative estimate of drug-likeness (QED) is 0.552. The molecule has 3 N–H and O–H groups in total. The van der Waals surface area contributed by atoms with Crippen molar-refractivity contribution >= 4 is 23.7 Å². The molecule has 0 bridgehead atoms. The van der Waals surface area contributed by atoms with Crippen molar-refractivity contribution in [2.24, 2.45) is 5.84 Å². The molecular formula is C12H24N6OS. The Morgan fingerprint density at radius 1 is 1.30 bits per heavy atom. The fourth-order valence-electron chi connectivity index (χ4n) is 1.51. The highest BCUT2D eigenvalue weighted by Crippen LogP contribution is 2.18. The molecule has 1 heterocycles. The minimum absolute atomic E-state index is 0.00454. The average Bonchev–Trinajstić information content (AvgIpc) is 2.42. The summed E-state index contributed by atoms with van der Waals surface area (Å²) in [7, 11) is 1.96. The topological polar surface area (TPSA) is 89.2 Å². The average molecular weight is 300 g/mol. The Hall–Kier alpha value is -1.28. The van der Waals surface area contributed by atoms with E-state index in [0.717, 1.165) is 12.2 Å². The Labute approximate surface area is 124 Å². The summed E-state index contributed by atoms with van der Waals surface area (Å²) in [4.78, 5) is 14.7. The van der Waals surface area contributed by atoms with Gasteiger partial charge in [0.15, 0.2) is 0 Å². The molecule has 0 aliphatic heterocycles. The van der Waals surface area contributed by atoms with Crippen molar-refractivity contribution in [3.8, 4) is 6.01 Å². The highest BCUT2D eigenvalue weighted by molar-refractivity contribution is 7.98.